The molecule has 3 aromatic rings. The van der Waals surface area contributed by atoms with Crippen molar-refractivity contribution in [2.24, 2.45) is 0 Å². The maximum Gasteiger partial charge on any atom is 0.146 e. The van der Waals surface area contributed by atoms with E-state index in [0.29, 0.717) is 0 Å². The van der Waals surface area contributed by atoms with E-state index in [9.17, 15) is 0 Å². The van der Waals surface area contributed by atoms with Crippen molar-refractivity contribution < 1.29 is 9.47 Å². The molecule has 22 heavy (non-hydrogen) atoms. The first kappa shape index (κ1) is 14.9. The number of thiazole rings is 1. The van der Waals surface area contributed by atoms with Crippen LogP contribution in [0.5, 0.6) is 11.5 Å². The Labute approximate surface area is 134 Å². The van der Waals surface area contributed by atoms with Crippen LogP contribution in [0.3, 0.4) is 0 Å². The first-order valence-electron chi connectivity index (χ1n) is 7.37. The molecule has 0 N–H and O–H groups in total. The minimum Gasteiger partial charge on any atom is -0.495 e. The number of benzene rings is 2. The van der Waals surface area contributed by atoms with Crippen molar-refractivity contribution in [2.75, 3.05) is 14.2 Å². The van der Waals surface area contributed by atoms with Gasteiger partial charge in [-0.1, -0.05) is 37.6 Å². The van der Waals surface area contributed by atoms with Crippen LogP contribution in [0.15, 0.2) is 36.4 Å². The van der Waals surface area contributed by atoms with Gasteiger partial charge < -0.3 is 9.47 Å². The first-order chi connectivity index (χ1) is 10.8. The average Bonchev–Trinajstić information content (AvgIpc) is 3.00. The zero-order valence-corrected chi connectivity index (χ0v) is 13.9. The number of ether oxygens (including phenoxy) is 2. The molecule has 3 nitrogen and oxygen atoms in total. The molecule has 0 aliphatic carbocycles. The SMILES string of the molecule is CCCc1ccc(-c2nc3c(OC)ccc(OC)c3s2)cc1. The number of aromatic nitrogens is 1. The summed E-state index contributed by atoms with van der Waals surface area (Å²) in [6, 6.07) is 12.5. The average molecular weight is 313 g/mol. The summed E-state index contributed by atoms with van der Waals surface area (Å²) in [5, 5.41) is 0.987. The quantitative estimate of drug-likeness (QED) is 0.669. The van der Waals surface area contributed by atoms with E-state index < -0.39 is 0 Å². The summed E-state index contributed by atoms with van der Waals surface area (Å²) in [4.78, 5) is 4.75. The monoisotopic (exact) mass is 313 g/mol. The number of methoxy groups -OCH3 is 2. The van der Waals surface area contributed by atoms with Gasteiger partial charge in [-0.15, -0.1) is 11.3 Å². The van der Waals surface area contributed by atoms with Gasteiger partial charge in [0.2, 0.25) is 0 Å². The van der Waals surface area contributed by atoms with Crippen molar-refractivity contribution in [3.63, 3.8) is 0 Å². The zero-order valence-electron chi connectivity index (χ0n) is 13.1. The summed E-state index contributed by atoms with van der Waals surface area (Å²) in [5.41, 5.74) is 3.35. The molecule has 1 aromatic heterocycles. The molecule has 0 amide bonds. The van der Waals surface area contributed by atoms with Gasteiger partial charge in [-0.25, -0.2) is 4.98 Å². The minimum absolute atomic E-state index is 0.779. The molecule has 0 unspecified atom stereocenters. The Morgan fingerprint density at radius 1 is 0.955 bits per heavy atom. The predicted octanol–water partition coefficient (Wildman–Crippen LogP) is 4.93. The van der Waals surface area contributed by atoms with E-state index >= 15 is 0 Å². The van der Waals surface area contributed by atoms with Crippen LogP contribution in [0.1, 0.15) is 18.9 Å². The molecule has 2 aromatic carbocycles. The maximum atomic E-state index is 5.44. The van der Waals surface area contributed by atoms with Crippen molar-refractivity contribution in [3.05, 3.63) is 42.0 Å². The second-order valence-corrected chi connectivity index (χ2v) is 6.11. The predicted molar refractivity (Wildman–Crippen MR) is 92.2 cm³/mol. The van der Waals surface area contributed by atoms with Gasteiger partial charge in [0.15, 0.2) is 0 Å². The van der Waals surface area contributed by atoms with Gasteiger partial charge in [-0.2, -0.15) is 0 Å². The highest BCUT2D eigenvalue weighted by molar-refractivity contribution is 7.22. The van der Waals surface area contributed by atoms with Crippen LogP contribution in [0.2, 0.25) is 0 Å². The van der Waals surface area contributed by atoms with Crippen LogP contribution in [0, 0.1) is 0 Å². The normalized spacial score (nSPS) is 10.9. The Bertz CT molecular complexity index is 737. The lowest BCUT2D eigenvalue weighted by atomic mass is 10.1. The molecule has 0 aliphatic rings. The minimum atomic E-state index is 0.779. The van der Waals surface area contributed by atoms with Crippen LogP contribution in [0.25, 0.3) is 20.8 Å². The molecule has 0 saturated carbocycles. The van der Waals surface area contributed by atoms with Crippen LogP contribution < -0.4 is 9.47 Å². The molecule has 1 heterocycles. The van der Waals surface area contributed by atoms with E-state index in [2.05, 4.69) is 31.2 Å². The van der Waals surface area contributed by atoms with Crippen molar-refractivity contribution in [1.29, 1.82) is 0 Å². The van der Waals surface area contributed by atoms with E-state index in [1.54, 1.807) is 25.6 Å². The first-order valence-corrected chi connectivity index (χ1v) is 8.19. The number of fused-ring (bicyclic) bond motifs is 1. The molecule has 0 fully saturated rings. The molecule has 0 spiro atoms. The fourth-order valence-corrected chi connectivity index (χ4v) is 3.59. The third-order valence-electron chi connectivity index (χ3n) is 3.65. The largest absolute Gasteiger partial charge is 0.495 e. The number of hydrogen-bond donors (Lipinski definition) is 0. The molecule has 0 saturated heterocycles. The second-order valence-electron chi connectivity index (χ2n) is 5.11. The Balaban J connectivity index is 2.07. The Hall–Kier alpha value is -2.07. The van der Waals surface area contributed by atoms with Gasteiger partial charge in [0, 0.05) is 5.56 Å². The van der Waals surface area contributed by atoms with E-state index in [4.69, 9.17) is 14.5 Å². The third kappa shape index (κ3) is 2.66. The van der Waals surface area contributed by atoms with Crippen molar-refractivity contribution in [3.8, 4) is 22.1 Å². The maximum absolute atomic E-state index is 5.44. The Morgan fingerprint density at radius 2 is 1.64 bits per heavy atom. The van der Waals surface area contributed by atoms with Crippen molar-refractivity contribution in [2.45, 2.75) is 19.8 Å². The summed E-state index contributed by atoms with van der Waals surface area (Å²) in [6.07, 6.45) is 2.27. The molecular formula is C18H19NO2S. The molecule has 4 heteroatoms. The smallest absolute Gasteiger partial charge is 0.146 e. The number of aryl methyl sites for hydroxylation is 1. The third-order valence-corrected chi connectivity index (χ3v) is 4.77. The summed E-state index contributed by atoms with van der Waals surface area (Å²) < 4.78 is 11.9. The molecule has 0 bridgehead atoms. The fourth-order valence-electron chi connectivity index (χ4n) is 2.51. The highest BCUT2D eigenvalue weighted by Crippen LogP contribution is 2.40. The topological polar surface area (TPSA) is 31.4 Å². The summed E-state index contributed by atoms with van der Waals surface area (Å²) >= 11 is 1.63. The van der Waals surface area contributed by atoms with E-state index in [1.165, 1.54) is 5.56 Å². The second kappa shape index (κ2) is 6.36. The lowest BCUT2D eigenvalue weighted by Crippen LogP contribution is -1.87. The van der Waals surface area contributed by atoms with Crippen LogP contribution in [-0.4, -0.2) is 19.2 Å². The summed E-state index contributed by atoms with van der Waals surface area (Å²) in [5.74, 6) is 1.61. The van der Waals surface area contributed by atoms with Gasteiger partial charge in [0.05, 0.1) is 14.2 Å². The highest BCUT2D eigenvalue weighted by Gasteiger charge is 2.14. The standard InChI is InChI=1S/C18H19NO2S/c1-4-5-12-6-8-13(9-7-12)18-19-16-14(20-2)10-11-15(21-3)17(16)22-18/h6-11H,4-5H2,1-3H3. The van der Waals surface area contributed by atoms with Crippen LogP contribution in [-0.2, 0) is 6.42 Å². The molecular weight excluding hydrogens is 294 g/mol. The molecule has 3 rings (SSSR count). The fraction of sp³-hybridized carbons (Fsp3) is 0.278. The van der Waals surface area contributed by atoms with Gasteiger partial charge >= 0.3 is 0 Å². The highest BCUT2D eigenvalue weighted by atomic mass is 32.1. The summed E-state index contributed by atoms with van der Waals surface area (Å²) in [7, 11) is 3.35. The Morgan fingerprint density at radius 3 is 2.27 bits per heavy atom. The number of hydrogen-bond acceptors (Lipinski definition) is 4. The molecule has 0 atom stereocenters. The van der Waals surface area contributed by atoms with Crippen LogP contribution >= 0.6 is 11.3 Å². The Kier molecular flexibility index (Phi) is 4.29. The van der Waals surface area contributed by atoms with Gasteiger partial charge in [-0.05, 0) is 24.1 Å². The molecule has 0 radical (unpaired) electrons. The van der Waals surface area contributed by atoms with E-state index in [1.807, 2.05) is 12.1 Å². The van der Waals surface area contributed by atoms with Gasteiger partial charge in [0.1, 0.15) is 26.7 Å². The molecule has 114 valence electrons. The molecule has 0 aliphatic heterocycles. The lowest BCUT2D eigenvalue weighted by molar-refractivity contribution is 0.410. The van der Waals surface area contributed by atoms with Crippen molar-refractivity contribution in [1.82, 2.24) is 4.98 Å². The number of rotatable bonds is 5. The van der Waals surface area contributed by atoms with Crippen molar-refractivity contribution >= 4 is 21.6 Å². The summed E-state index contributed by atoms with van der Waals surface area (Å²) in [6.45, 7) is 2.19. The van der Waals surface area contributed by atoms with E-state index in [0.717, 1.165) is 45.1 Å². The van der Waals surface area contributed by atoms with Crippen LogP contribution in [0.4, 0.5) is 0 Å². The van der Waals surface area contributed by atoms with Gasteiger partial charge in [0.25, 0.3) is 0 Å². The van der Waals surface area contributed by atoms with E-state index in [-0.39, 0.29) is 0 Å². The number of nitrogens with zero attached hydrogens (tertiary/aromatic N) is 1. The lowest BCUT2D eigenvalue weighted by Gasteiger charge is -2.03. The zero-order chi connectivity index (χ0) is 15.5. The van der Waals surface area contributed by atoms with Gasteiger partial charge in [-0.3, -0.25) is 0 Å².